The normalized spacial score (nSPS) is 11.9. The van der Waals surface area contributed by atoms with Crippen molar-refractivity contribution >= 4 is 27.3 Å². The van der Waals surface area contributed by atoms with Gasteiger partial charge >= 0.3 is 0 Å². The number of benzene rings is 1. The molecule has 0 saturated carbocycles. The van der Waals surface area contributed by atoms with Crippen molar-refractivity contribution in [3.8, 4) is 0 Å². The minimum Gasteiger partial charge on any atom is -0.307 e. The van der Waals surface area contributed by atoms with E-state index in [-0.39, 0.29) is 16.5 Å². The molecule has 0 atom stereocenters. The van der Waals surface area contributed by atoms with Crippen molar-refractivity contribution in [2.75, 3.05) is 0 Å². The number of fused-ring (bicyclic) bond motifs is 1. The Morgan fingerprint density at radius 2 is 2.05 bits per heavy atom. The zero-order valence-corrected chi connectivity index (χ0v) is 13.4. The molecule has 0 saturated heterocycles. The number of aryl methyl sites for hydroxylation is 1. The molecule has 0 aliphatic heterocycles. The summed E-state index contributed by atoms with van der Waals surface area (Å²) < 4.78 is 28.9. The summed E-state index contributed by atoms with van der Waals surface area (Å²) in [5, 5.41) is 0.195. The third-order valence-corrected chi connectivity index (χ3v) is 5.14. The van der Waals surface area contributed by atoms with Crippen LogP contribution < -0.4 is 4.72 Å². The van der Waals surface area contributed by atoms with Gasteiger partial charge in [-0.15, -0.1) is 0 Å². The molecule has 3 aromatic rings. The first-order valence-corrected chi connectivity index (χ1v) is 8.50. The molecule has 0 spiro atoms. The van der Waals surface area contributed by atoms with E-state index in [4.69, 9.17) is 11.6 Å². The Hall–Kier alpha value is -1.89. The van der Waals surface area contributed by atoms with Gasteiger partial charge in [0.1, 0.15) is 10.5 Å². The molecule has 0 amide bonds. The number of imidazole rings is 1. The molecular formula is C15H14ClN3O2S. The van der Waals surface area contributed by atoms with Crippen molar-refractivity contribution in [1.29, 1.82) is 0 Å². The maximum atomic E-state index is 12.3. The van der Waals surface area contributed by atoms with E-state index >= 15 is 0 Å². The minimum atomic E-state index is -3.67. The number of rotatable bonds is 4. The number of sulfonamides is 1. The Labute approximate surface area is 133 Å². The van der Waals surface area contributed by atoms with Crippen LogP contribution in [0.5, 0.6) is 0 Å². The smallest absolute Gasteiger partial charge is 0.242 e. The molecule has 5 nitrogen and oxygen atoms in total. The summed E-state index contributed by atoms with van der Waals surface area (Å²) in [6.07, 6.45) is 3.69. The van der Waals surface area contributed by atoms with Gasteiger partial charge in [0.05, 0.1) is 17.3 Å². The van der Waals surface area contributed by atoms with Gasteiger partial charge in [0.25, 0.3) is 0 Å². The lowest BCUT2D eigenvalue weighted by Gasteiger charge is -2.06. The van der Waals surface area contributed by atoms with E-state index in [2.05, 4.69) is 9.71 Å². The van der Waals surface area contributed by atoms with Crippen LogP contribution in [0.15, 0.2) is 53.7 Å². The summed E-state index contributed by atoms with van der Waals surface area (Å²) in [5.41, 5.74) is 2.52. The van der Waals surface area contributed by atoms with E-state index in [1.807, 2.05) is 29.7 Å². The Morgan fingerprint density at radius 1 is 1.27 bits per heavy atom. The zero-order chi connectivity index (χ0) is 15.7. The van der Waals surface area contributed by atoms with Crippen LogP contribution in [0.25, 0.3) is 5.65 Å². The van der Waals surface area contributed by atoms with Crippen LogP contribution in [0.1, 0.15) is 11.3 Å². The lowest BCUT2D eigenvalue weighted by Crippen LogP contribution is -2.23. The second-order valence-corrected chi connectivity index (χ2v) is 7.10. The van der Waals surface area contributed by atoms with Gasteiger partial charge in [-0.25, -0.2) is 18.1 Å². The first kappa shape index (κ1) is 15.0. The number of nitrogens with one attached hydrogen (secondary N) is 1. The minimum absolute atomic E-state index is 0.0660. The Kier molecular flexibility index (Phi) is 3.90. The molecule has 1 aromatic carbocycles. The number of halogens is 1. The molecule has 0 fully saturated rings. The average Bonchev–Trinajstić information content (AvgIpc) is 2.87. The molecule has 114 valence electrons. The molecule has 0 aliphatic rings. The highest BCUT2D eigenvalue weighted by Gasteiger charge is 2.17. The predicted molar refractivity (Wildman–Crippen MR) is 85.4 cm³/mol. The predicted octanol–water partition coefficient (Wildman–Crippen LogP) is 2.77. The van der Waals surface area contributed by atoms with Gasteiger partial charge in [0.2, 0.25) is 10.0 Å². The van der Waals surface area contributed by atoms with Crippen LogP contribution >= 0.6 is 11.6 Å². The Balaban J connectivity index is 1.83. The second kappa shape index (κ2) is 5.72. The van der Waals surface area contributed by atoms with Crippen LogP contribution in [0.3, 0.4) is 0 Å². The zero-order valence-electron chi connectivity index (χ0n) is 11.8. The van der Waals surface area contributed by atoms with Crippen LogP contribution in [0.4, 0.5) is 0 Å². The van der Waals surface area contributed by atoms with E-state index in [1.54, 1.807) is 24.4 Å². The first-order valence-electron chi connectivity index (χ1n) is 6.64. The fourth-order valence-electron chi connectivity index (χ4n) is 2.13. The fourth-order valence-corrected chi connectivity index (χ4v) is 3.65. The maximum absolute atomic E-state index is 12.3. The van der Waals surface area contributed by atoms with E-state index in [0.717, 1.165) is 11.2 Å². The summed E-state index contributed by atoms with van der Waals surface area (Å²) >= 11 is 5.93. The van der Waals surface area contributed by atoms with Gasteiger partial charge in [-0.1, -0.05) is 23.7 Å². The Morgan fingerprint density at radius 3 is 2.82 bits per heavy atom. The summed E-state index contributed by atoms with van der Waals surface area (Å²) in [7, 11) is -3.67. The van der Waals surface area contributed by atoms with Gasteiger partial charge in [-0.3, -0.25) is 0 Å². The van der Waals surface area contributed by atoms with Gasteiger partial charge in [0.15, 0.2) is 0 Å². The first-order chi connectivity index (χ1) is 10.5. The van der Waals surface area contributed by atoms with Crippen molar-refractivity contribution in [3.63, 3.8) is 0 Å². The molecular weight excluding hydrogens is 322 g/mol. The van der Waals surface area contributed by atoms with Crippen molar-refractivity contribution in [3.05, 3.63) is 65.1 Å². The Bertz CT molecular complexity index is 935. The number of aromatic nitrogens is 2. The SMILES string of the molecule is Cc1ccn2cc(CNS(=O)(=O)c3ccccc3Cl)nc2c1. The molecule has 0 aliphatic carbocycles. The highest BCUT2D eigenvalue weighted by Crippen LogP contribution is 2.20. The molecule has 7 heteroatoms. The lowest BCUT2D eigenvalue weighted by atomic mass is 10.3. The fraction of sp³-hybridized carbons (Fsp3) is 0.133. The molecule has 22 heavy (non-hydrogen) atoms. The van der Waals surface area contributed by atoms with Crippen LogP contribution in [-0.4, -0.2) is 17.8 Å². The number of pyridine rings is 1. The molecule has 3 rings (SSSR count). The van der Waals surface area contributed by atoms with Gasteiger partial charge in [-0.05, 0) is 36.8 Å². The van der Waals surface area contributed by atoms with Gasteiger partial charge < -0.3 is 4.40 Å². The third kappa shape index (κ3) is 2.99. The van der Waals surface area contributed by atoms with Crippen molar-refractivity contribution in [2.45, 2.75) is 18.4 Å². The monoisotopic (exact) mass is 335 g/mol. The standard InChI is InChI=1S/C15H14ClN3O2S/c1-11-6-7-19-10-12(18-15(19)8-11)9-17-22(20,21)14-5-3-2-4-13(14)16/h2-8,10,17H,9H2,1H3. The quantitative estimate of drug-likeness (QED) is 0.797. The summed E-state index contributed by atoms with van der Waals surface area (Å²) in [6, 6.07) is 10.2. The molecule has 0 bridgehead atoms. The van der Waals surface area contributed by atoms with Crippen LogP contribution in [0.2, 0.25) is 5.02 Å². The number of hydrogen-bond donors (Lipinski definition) is 1. The average molecular weight is 336 g/mol. The second-order valence-electron chi connectivity index (χ2n) is 4.96. The highest BCUT2D eigenvalue weighted by atomic mass is 35.5. The van der Waals surface area contributed by atoms with Crippen LogP contribution in [-0.2, 0) is 16.6 Å². The van der Waals surface area contributed by atoms with E-state index in [0.29, 0.717) is 5.69 Å². The maximum Gasteiger partial charge on any atom is 0.242 e. The highest BCUT2D eigenvalue weighted by molar-refractivity contribution is 7.89. The van der Waals surface area contributed by atoms with Crippen molar-refractivity contribution in [1.82, 2.24) is 14.1 Å². The third-order valence-electron chi connectivity index (χ3n) is 3.24. The van der Waals surface area contributed by atoms with E-state index < -0.39 is 10.0 Å². The van der Waals surface area contributed by atoms with Gasteiger partial charge in [0, 0.05) is 12.4 Å². The van der Waals surface area contributed by atoms with Crippen molar-refractivity contribution < 1.29 is 8.42 Å². The molecule has 0 unspecified atom stereocenters. The summed E-state index contributed by atoms with van der Waals surface area (Å²) in [6.45, 7) is 2.09. The van der Waals surface area contributed by atoms with Crippen LogP contribution in [0, 0.1) is 6.92 Å². The summed E-state index contributed by atoms with van der Waals surface area (Å²) in [5.74, 6) is 0. The van der Waals surface area contributed by atoms with E-state index in [9.17, 15) is 8.42 Å². The van der Waals surface area contributed by atoms with E-state index in [1.165, 1.54) is 6.07 Å². The molecule has 2 heterocycles. The molecule has 1 N–H and O–H groups in total. The number of nitrogens with zero attached hydrogens (tertiary/aromatic N) is 2. The molecule has 2 aromatic heterocycles. The molecule has 0 radical (unpaired) electrons. The van der Waals surface area contributed by atoms with Crippen molar-refractivity contribution in [2.24, 2.45) is 0 Å². The summed E-state index contributed by atoms with van der Waals surface area (Å²) in [4.78, 5) is 4.46. The lowest BCUT2D eigenvalue weighted by molar-refractivity contribution is 0.580. The topological polar surface area (TPSA) is 63.5 Å². The van der Waals surface area contributed by atoms with Gasteiger partial charge in [-0.2, -0.15) is 0 Å². The largest absolute Gasteiger partial charge is 0.307 e. The number of hydrogen-bond acceptors (Lipinski definition) is 3.